The van der Waals surface area contributed by atoms with Crippen LogP contribution in [-0.2, 0) is 4.79 Å². The SMILES string of the molecule is CCNCCNC(=O)C1CC1c1ccc(F)cc1.Cl. The van der Waals surface area contributed by atoms with Gasteiger partial charge in [-0.05, 0) is 36.6 Å². The molecule has 3 nitrogen and oxygen atoms in total. The monoisotopic (exact) mass is 286 g/mol. The van der Waals surface area contributed by atoms with Crippen LogP contribution in [-0.4, -0.2) is 25.5 Å². The van der Waals surface area contributed by atoms with Crippen LogP contribution in [0.1, 0.15) is 24.8 Å². The first kappa shape index (κ1) is 15.9. The van der Waals surface area contributed by atoms with Gasteiger partial charge in [-0.2, -0.15) is 0 Å². The molecule has 0 saturated heterocycles. The van der Waals surface area contributed by atoms with Crippen molar-refractivity contribution in [3.63, 3.8) is 0 Å². The summed E-state index contributed by atoms with van der Waals surface area (Å²) in [6, 6.07) is 6.44. The van der Waals surface area contributed by atoms with Crippen molar-refractivity contribution in [3.8, 4) is 0 Å². The van der Waals surface area contributed by atoms with Crippen molar-refractivity contribution in [2.24, 2.45) is 5.92 Å². The first-order valence-electron chi connectivity index (χ1n) is 6.46. The predicted octanol–water partition coefficient (Wildman–Crippen LogP) is 2.08. The Kier molecular flexibility index (Phi) is 6.25. The molecule has 1 aliphatic rings. The third-order valence-electron chi connectivity index (χ3n) is 3.28. The van der Waals surface area contributed by atoms with Gasteiger partial charge in [-0.25, -0.2) is 4.39 Å². The fourth-order valence-electron chi connectivity index (χ4n) is 2.15. The van der Waals surface area contributed by atoms with E-state index < -0.39 is 0 Å². The first-order chi connectivity index (χ1) is 8.72. The van der Waals surface area contributed by atoms with Crippen molar-refractivity contribution in [1.82, 2.24) is 10.6 Å². The van der Waals surface area contributed by atoms with Gasteiger partial charge in [0.2, 0.25) is 5.91 Å². The fourth-order valence-corrected chi connectivity index (χ4v) is 2.15. The van der Waals surface area contributed by atoms with Crippen molar-refractivity contribution < 1.29 is 9.18 Å². The second kappa shape index (κ2) is 7.46. The average molecular weight is 287 g/mol. The summed E-state index contributed by atoms with van der Waals surface area (Å²) < 4.78 is 12.8. The van der Waals surface area contributed by atoms with Gasteiger partial charge in [0.05, 0.1) is 0 Å². The molecule has 0 spiro atoms. The van der Waals surface area contributed by atoms with Crippen molar-refractivity contribution in [2.75, 3.05) is 19.6 Å². The number of amides is 1. The number of nitrogens with one attached hydrogen (secondary N) is 2. The molecule has 1 saturated carbocycles. The number of rotatable bonds is 6. The summed E-state index contributed by atoms with van der Waals surface area (Å²) in [5, 5.41) is 6.07. The van der Waals surface area contributed by atoms with Gasteiger partial charge in [0, 0.05) is 19.0 Å². The van der Waals surface area contributed by atoms with Gasteiger partial charge in [-0.15, -0.1) is 12.4 Å². The Labute approximate surface area is 119 Å². The van der Waals surface area contributed by atoms with Crippen molar-refractivity contribution in [3.05, 3.63) is 35.6 Å². The number of benzene rings is 1. The second-order valence-electron chi connectivity index (χ2n) is 4.64. The van der Waals surface area contributed by atoms with Gasteiger partial charge in [0.25, 0.3) is 0 Å². The van der Waals surface area contributed by atoms with Gasteiger partial charge in [-0.1, -0.05) is 19.1 Å². The zero-order valence-corrected chi connectivity index (χ0v) is 11.8. The van der Waals surface area contributed by atoms with Gasteiger partial charge >= 0.3 is 0 Å². The van der Waals surface area contributed by atoms with E-state index in [9.17, 15) is 9.18 Å². The number of likely N-dealkylation sites (N-methyl/N-ethyl adjacent to an activating group) is 1. The maximum absolute atomic E-state index is 12.8. The number of carbonyl (C=O) groups excluding carboxylic acids is 1. The molecule has 2 rings (SSSR count). The third kappa shape index (κ3) is 4.48. The molecule has 1 fully saturated rings. The highest BCUT2D eigenvalue weighted by Gasteiger charge is 2.43. The molecule has 0 radical (unpaired) electrons. The minimum atomic E-state index is -0.231. The maximum Gasteiger partial charge on any atom is 0.223 e. The smallest absolute Gasteiger partial charge is 0.223 e. The van der Waals surface area contributed by atoms with E-state index in [2.05, 4.69) is 10.6 Å². The number of carbonyl (C=O) groups is 1. The van der Waals surface area contributed by atoms with E-state index in [1.54, 1.807) is 12.1 Å². The zero-order valence-electron chi connectivity index (χ0n) is 11.0. The molecule has 1 aromatic rings. The molecule has 0 heterocycles. The molecule has 2 atom stereocenters. The van der Waals surface area contributed by atoms with E-state index in [1.165, 1.54) is 12.1 Å². The normalized spacial score (nSPS) is 20.5. The molecule has 5 heteroatoms. The van der Waals surface area contributed by atoms with Crippen LogP contribution in [0.5, 0.6) is 0 Å². The van der Waals surface area contributed by atoms with E-state index >= 15 is 0 Å². The van der Waals surface area contributed by atoms with E-state index in [1.807, 2.05) is 6.92 Å². The summed E-state index contributed by atoms with van der Waals surface area (Å²) in [4.78, 5) is 11.8. The average Bonchev–Trinajstić information content (AvgIpc) is 3.15. The number of halogens is 2. The highest BCUT2D eigenvalue weighted by Crippen LogP contribution is 2.47. The molecule has 0 aliphatic heterocycles. The lowest BCUT2D eigenvalue weighted by Gasteiger charge is -2.05. The lowest BCUT2D eigenvalue weighted by Crippen LogP contribution is -2.32. The molecule has 0 aromatic heterocycles. The molecule has 2 N–H and O–H groups in total. The largest absolute Gasteiger partial charge is 0.355 e. The van der Waals surface area contributed by atoms with Crippen LogP contribution in [0, 0.1) is 11.7 Å². The summed E-state index contributed by atoms with van der Waals surface area (Å²) in [7, 11) is 0. The van der Waals surface area contributed by atoms with Crippen molar-refractivity contribution in [2.45, 2.75) is 19.3 Å². The Morgan fingerprint density at radius 3 is 2.63 bits per heavy atom. The highest BCUT2D eigenvalue weighted by atomic mass is 35.5. The maximum atomic E-state index is 12.8. The highest BCUT2D eigenvalue weighted by molar-refractivity contribution is 5.85. The molecule has 2 unspecified atom stereocenters. The molecular weight excluding hydrogens is 267 g/mol. The van der Waals surface area contributed by atoms with Gasteiger partial charge in [0.1, 0.15) is 5.82 Å². The molecule has 1 amide bonds. The van der Waals surface area contributed by atoms with Crippen LogP contribution in [0.3, 0.4) is 0 Å². The van der Waals surface area contributed by atoms with E-state index in [-0.39, 0.29) is 36.0 Å². The minimum Gasteiger partial charge on any atom is -0.355 e. The number of hydrogen-bond donors (Lipinski definition) is 2. The molecule has 1 aromatic carbocycles. The summed E-state index contributed by atoms with van der Waals surface area (Å²) in [5.41, 5.74) is 1.06. The Balaban J connectivity index is 0.00000180. The lowest BCUT2D eigenvalue weighted by atomic mass is 10.1. The van der Waals surface area contributed by atoms with E-state index in [0.29, 0.717) is 6.54 Å². The Morgan fingerprint density at radius 1 is 1.32 bits per heavy atom. The predicted molar refractivity (Wildman–Crippen MR) is 76.0 cm³/mol. The Bertz CT molecular complexity index is 410. The zero-order chi connectivity index (χ0) is 13.0. The molecule has 19 heavy (non-hydrogen) atoms. The second-order valence-corrected chi connectivity index (χ2v) is 4.64. The van der Waals surface area contributed by atoms with Gasteiger partial charge < -0.3 is 10.6 Å². The fraction of sp³-hybridized carbons (Fsp3) is 0.500. The number of hydrogen-bond acceptors (Lipinski definition) is 2. The first-order valence-corrected chi connectivity index (χ1v) is 6.46. The van der Waals surface area contributed by atoms with E-state index in [4.69, 9.17) is 0 Å². The molecule has 106 valence electrons. The molecule has 0 bridgehead atoms. The van der Waals surface area contributed by atoms with E-state index in [0.717, 1.165) is 25.1 Å². The minimum absolute atomic E-state index is 0. The summed E-state index contributed by atoms with van der Waals surface area (Å²) in [5.74, 6) is 0.218. The van der Waals surface area contributed by atoms with Crippen LogP contribution in [0.4, 0.5) is 4.39 Å². The van der Waals surface area contributed by atoms with Crippen LogP contribution < -0.4 is 10.6 Å². The molecule has 1 aliphatic carbocycles. The topological polar surface area (TPSA) is 41.1 Å². The van der Waals surface area contributed by atoms with Crippen LogP contribution in [0.25, 0.3) is 0 Å². The van der Waals surface area contributed by atoms with Gasteiger partial charge in [-0.3, -0.25) is 4.79 Å². The standard InChI is InChI=1S/C14H19FN2O.ClH/c1-2-16-7-8-17-14(18)13-9-12(13)10-3-5-11(15)6-4-10;/h3-6,12-13,16H,2,7-9H2,1H3,(H,17,18);1H. The Morgan fingerprint density at radius 2 is 2.00 bits per heavy atom. The molecular formula is C14H20ClFN2O. The lowest BCUT2D eigenvalue weighted by molar-refractivity contribution is -0.122. The third-order valence-corrected chi connectivity index (χ3v) is 3.28. The summed E-state index contributed by atoms with van der Waals surface area (Å²) in [6.07, 6.45) is 0.874. The summed E-state index contributed by atoms with van der Waals surface area (Å²) in [6.45, 7) is 4.42. The van der Waals surface area contributed by atoms with Crippen molar-refractivity contribution >= 4 is 18.3 Å². The quantitative estimate of drug-likeness (QED) is 0.786. The Hall–Kier alpha value is -1.13. The van der Waals surface area contributed by atoms with Crippen LogP contribution in [0.15, 0.2) is 24.3 Å². The summed E-state index contributed by atoms with van der Waals surface area (Å²) >= 11 is 0. The van der Waals surface area contributed by atoms with Gasteiger partial charge in [0.15, 0.2) is 0 Å². The van der Waals surface area contributed by atoms with Crippen LogP contribution in [0.2, 0.25) is 0 Å². The van der Waals surface area contributed by atoms with Crippen LogP contribution >= 0.6 is 12.4 Å². The van der Waals surface area contributed by atoms with Crippen molar-refractivity contribution in [1.29, 1.82) is 0 Å².